The summed E-state index contributed by atoms with van der Waals surface area (Å²) in [6.07, 6.45) is 0.405. The van der Waals surface area contributed by atoms with Gasteiger partial charge in [0.25, 0.3) is 0 Å². The number of amides is 1. The molecule has 0 bridgehead atoms. The molecule has 0 unspecified atom stereocenters. The number of fused-ring (bicyclic) bond motifs is 1. The summed E-state index contributed by atoms with van der Waals surface area (Å²) >= 11 is 0. The van der Waals surface area contributed by atoms with Crippen LogP contribution in [0.3, 0.4) is 0 Å². The van der Waals surface area contributed by atoms with Gasteiger partial charge < -0.3 is 19.3 Å². The van der Waals surface area contributed by atoms with Crippen molar-refractivity contribution in [2.24, 2.45) is 0 Å². The van der Waals surface area contributed by atoms with Gasteiger partial charge in [-0.1, -0.05) is 24.3 Å². The number of hydrogen-bond donors (Lipinski definition) is 0. The van der Waals surface area contributed by atoms with Crippen molar-refractivity contribution in [2.75, 3.05) is 37.9 Å². The average molecular weight is 324 g/mol. The molecule has 5 heteroatoms. The fourth-order valence-corrected chi connectivity index (χ4v) is 3.19. The molecule has 2 heterocycles. The third-order valence-corrected chi connectivity index (χ3v) is 4.55. The van der Waals surface area contributed by atoms with Crippen molar-refractivity contribution in [3.63, 3.8) is 0 Å². The first-order valence-electron chi connectivity index (χ1n) is 8.26. The van der Waals surface area contributed by atoms with Crippen molar-refractivity contribution >= 4 is 11.6 Å². The molecule has 2 aliphatic heterocycles. The highest BCUT2D eigenvalue weighted by Crippen LogP contribution is 2.32. The summed E-state index contributed by atoms with van der Waals surface area (Å²) in [7, 11) is 0. The molecule has 1 amide bonds. The molecule has 2 aliphatic rings. The fraction of sp³-hybridized carbons (Fsp3) is 0.316. The number of hydrogen-bond acceptors (Lipinski definition) is 4. The van der Waals surface area contributed by atoms with Crippen LogP contribution in [-0.4, -0.2) is 43.8 Å². The number of piperazine rings is 1. The average Bonchev–Trinajstić information content (AvgIpc) is 3.10. The van der Waals surface area contributed by atoms with Crippen LogP contribution in [0, 0.1) is 0 Å². The second-order valence-corrected chi connectivity index (χ2v) is 6.07. The van der Waals surface area contributed by atoms with Crippen LogP contribution in [0.15, 0.2) is 48.5 Å². The Morgan fingerprint density at radius 2 is 1.67 bits per heavy atom. The number of rotatable bonds is 3. The molecule has 124 valence electrons. The lowest BCUT2D eigenvalue weighted by atomic mass is 10.1. The van der Waals surface area contributed by atoms with E-state index in [1.165, 1.54) is 5.69 Å². The van der Waals surface area contributed by atoms with Crippen LogP contribution < -0.4 is 14.4 Å². The first kappa shape index (κ1) is 14.9. The maximum Gasteiger partial charge on any atom is 0.231 e. The first-order chi connectivity index (χ1) is 11.8. The molecule has 24 heavy (non-hydrogen) atoms. The Hall–Kier alpha value is -2.69. The maximum atomic E-state index is 12.5. The van der Waals surface area contributed by atoms with Crippen molar-refractivity contribution in [2.45, 2.75) is 6.42 Å². The molecule has 2 aromatic carbocycles. The standard InChI is InChI=1S/C19H20N2O3/c22-19(13-15-6-7-17-18(12-15)24-14-23-17)21-10-8-20(9-11-21)16-4-2-1-3-5-16/h1-7,12H,8-11,13-14H2. The Kier molecular flexibility index (Phi) is 3.99. The molecule has 0 spiro atoms. The molecular weight excluding hydrogens is 304 g/mol. The van der Waals surface area contributed by atoms with Gasteiger partial charge in [-0.15, -0.1) is 0 Å². The summed E-state index contributed by atoms with van der Waals surface area (Å²) in [5, 5.41) is 0. The number of nitrogens with zero attached hydrogens (tertiary/aromatic N) is 2. The van der Waals surface area contributed by atoms with E-state index in [4.69, 9.17) is 9.47 Å². The van der Waals surface area contributed by atoms with Gasteiger partial charge in [0.15, 0.2) is 11.5 Å². The van der Waals surface area contributed by atoms with Gasteiger partial charge in [0.05, 0.1) is 6.42 Å². The molecule has 1 fully saturated rings. The summed E-state index contributed by atoms with van der Waals surface area (Å²) < 4.78 is 10.7. The van der Waals surface area contributed by atoms with E-state index in [1.807, 2.05) is 41.3 Å². The van der Waals surface area contributed by atoms with Gasteiger partial charge in [-0.3, -0.25) is 4.79 Å². The predicted molar refractivity (Wildman–Crippen MR) is 91.5 cm³/mol. The lowest BCUT2D eigenvalue weighted by molar-refractivity contribution is -0.130. The Morgan fingerprint density at radius 1 is 0.917 bits per heavy atom. The summed E-state index contributed by atoms with van der Waals surface area (Å²) in [4.78, 5) is 16.8. The van der Waals surface area contributed by atoms with Crippen LogP contribution >= 0.6 is 0 Å². The van der Waals surface area contributed by atoms with Crippen molar-refractivity contribution < 1.29 is 14.3 Å². The minimum Gasteiger partial charge on any atom is -0.454 e. The predicted octanol–water partition coefficient (Wildman–Crippen LogP) is 2.31. The number of ether oxygens (including phenoxy) is 2. The van der Waals surface area contributed by atoms with Crippen LogP contribution in [0.25, 0.3) is 0 Å². The summed E-state index contributed by atoms with van der Waals surface area (Å²) in [5.41, 5.74) is 2.19. The maximum absolute atomic E-state index is 12.5. The monoisotopic (exact) mass is 324 g/mol. The van der Waals surface area contributed by atoms with Crippen LogP contribution in [-0.2, 0) is 11.2 Å². The highest BCUT2D eigenvalue weighted by atomic mass is 16.7. The zero-order valence-electron chi connectivity index (χ0n) is 13.5. The molecule has 4 rings (SSSR count). The molecule has 0 saturated carbocycles. The van der Waals surface area contributed by atoms with E-state index in [0.29, 0.717) is 6.42 Å². The van der Waals surface area contributed by atoms with E-state index < -0.39 is 0 Å². The zero-order chi connectivity index (χ0) is 16.4. The van der Waals surface area contributed by atoms with Gasteiger partial charge in [0.1, 0.15) is 0 Å². The van der Waals surface area contributed by atoms with Crippen molar-refractivity contribution in [3.8, 4) is 11.5 Å². The second-order valence-electron chi connectivity index (χ2n) is 6.07. The zero-order valence-corrected chi connectivity index (χ0v) is 13.5. The van der Waals surface area contributed by atoms with E-state index in [1.54, 1.807) is 0 Å². The molecule has 0 aromatic heterocycles. The van der Waals surface area contributed by atoms with Gasteiger partial charge >= 0.3 is 0 Å². The van der Waals surface area contributed by atoms with E-state index in [-0.39, 0.29) is 12.7 Å². The highest BCUT2D eigenvalue weighted by molar-refractivity contribution is 5.79. The summed E-state index contributed by atoms with van der Waals surface area (Å²) in [6.45, 7) is 3.53. The van der Waals surface area contributed by atoms with Crippen LogP contribution in [0.4, 0.5) is 5.69 Å². The summed E-state index contributed by atoms with van der Waals surface area (Å²) in [6, 6.07) is 16.1. The Labute approximate surface area is 141 Å². The Morgan fingerprint density at radius 3 is 2.46 bits per heavy atom. The number of para-hydroxylation sites is 1. The molecule has 0 radical (unpaired) electrons. The fourth-order valence-electron chi connectivity index (χ4n) is 3.19. The van der Waals surface area contributed by atoms with Gasteiger partial charge in [-0.25, -0.2) is 0 Å². The number of benzene rings is 2. The molecular formula is C19H20N2O3. The quantitative estimate of drug-likeness (QED) is 0.869. The molecule has 0 aliphatic carbocycles. The normalized spacial score (nSPS) is 16.3. The molecule has 5 nitrogen and oxygen atoms in total. The van der Waals surface area contributed by atoms with Crippen molar-refractivity contribution in [1.29, 1.82) is 0 Å². The van der Waals surface area contributed by atoms with E-state index in [9.17, 15) is 4.79 Å². The minimum atomic E-state index is 0.168. The topological polar surface area (TPSA) is 42.0 Å². The Balaban J connectivity index is 1.35. The smallest absolute Gasteiger partial charge is 0.231 e. The van der Waals surface area contributed by atoms with Gasteiger partial charge in [0.2, 0.25) is 12.7 Å². The van der Waals surface area contributed by atoms with Gasteiger partial charge in [0, 0.05) is 31.9 Å². The molecule has 2 aromatic rings. The molecule has 0 N–H and O–H groups in total. The molecule has 0 atom stereocenters. The minimum absolute atomic E-state index is 0.168. The lowest BCUT2D eigenvalue weighted by Gasteiger charge is -2.36. The Bertz CT molecular complexity index is 725. The third kappa shape index (κ3) is 3.02. The van der Waals surface area contributed by atoms with Gasteiger partial charge in [-0.05, 0) is 29.8 Å². The van der Waals surface area contributed by atoms with Crippen LogP contribution in [0.5, 0.6) is 11.5 Å². The lowest BCUT2D eigenvalue weighted by Crippen LogP contribution is -2.49. The number of anilines is 1. The van der Waals surface area contributed by atoms with E-state index >= 15 is 0 Å². The summed E-state index contributed by atoms with van der Waals surface area (Å²) in [5.74, 6) is 1.65. The van der Waals surface area contributed by atoms with Crippen LogP contribution in [0.2, 0.25) is 0 Å². The van der Waals surface area contributed by atoms with Crippen molar-refractivity contribution in [3.05, 3.63) is 54.1 Å². The number of carbonyl (C=O) groups is 1. The van der Waals surface area contributed by atoms with Gasteiger partial charge in [-0.2, -0.15) is 0 Å². The largest absolute Gasteiger partial charge is 0.454 e. The van der Waals surface area contributed by atoms with E-state index in [0.717, 1.165) is 43.2 Å². The number of carbonyl (C=O) groups excluding carboxylic acids is 1. The second kappa shape index (κ2) is 6.43. The highest BCUT2D eigenvalue weighted by Gasteiger charge is 2.22. The SMILES string of the molecule is O=C(Cc1ccc2c(c1)OCO2)N1CCN(c2ccccc2)CC1. The first-order valence-corrected chi connectivity index (χ1v) is 8.26. The molecule has 1 saturated heterocycles. The van der Waals surface area contributed by atoms with Crippen molar-refractivity contribution in [1.82, 2.24) is 4.90 Å². The third-order valence-electron chi connectivity index (χ3n) is 4.55. The van der Waals surface area contributed by atoms with E-state index in [2.05, 4.69) is 17.0 Å². The van der Waals surface area contributed by atoms with Crippen LogP contribution in [0.1, 0.15) is 5.56 Å².